The Balaban J connectivity index is 1.69. The molecule has 0 amide bonds. The number of methoxy groups -OCH3 is 1. The highest BCUT2D eigenvalue weighted by molar-refractivity contribution is 5.83. The minimum Gasteiger partial charge on any atom is -0.497 e. The lowest BCUT2D eigenvalue weighted by molar-refractivity contribution is -0.127. The molecule has 132 valence electrons. The molecule has 2 N–H and O–H groups in total. The number of nitrogens with zero attached hydrogens (tertiary/aromatic N) is 2. The molecule has 3 saturated heterocycles. The highest BCUT2D eigenvalue weighted by Crippen LogP contribution is 2.44. The van der Waals surface area contributed by atoms with Crippen molar-refractivity contribution in [2.75, 3.05) is 20.2 Å². The monoisotopic (exact) mass is 340 g/mol. The summed E-state index contributed by atoms with van der Waals surface area (Å²) in [7, 11) is 1.63. The average molecular weight is 340 g/mol. The fourth-order valence-electron chi connectivity index (χ4n) is 4.45. The van der Waals surface area contributed by atoms with Crippen LogP contribution in [-0.4, -0.2) is 51.9 Å². The molecule has 2 aromatic rings. The first-order chi connectivity index (χ1) is 12.1. The third-order valence-electron chi connectivity index (χ3n) is 5.94. The molecule has 5 heteroatoms. The molecule has 1 aromatic heterocycles. The van der Waals surface area contributed by atoms with Crippen LogP contribution in [0, 0.1) is 5.92 Å². The number of hydrogen-bond acceptors (Lipinski definition) is 5. The molecule has 2 unspecified atom stereocenters. The first-order valence-corrected chi connectivity index (χ1v) is 8.76. The maximum atomic E-state index is 11.2. The van der Waals surface area contributed by atoms with Crippen LogP contribution < -0.4 is 4.74 Å². The summed E-state index contributed by atoms with van der Waals surface area (Å²) < 4.78 is 5.33. The van der Waals surface area contributed by atoms with Gasteiger partial charge in [-0.1, -0.05) is 6.08 Å². The molecule has 3 aliphatic rings. The van der Waals surface area contributed by atoms with Gasteiger partial charge in [0.25, 0.3) is 0 Å². The van der Waals surface area contributed by atoms with Crippen molar-refractivity contribution in [2.24, 2.45) is 5.92 Å². The van der Waals surface area contributed by atoms with Gasteiger partial charge in [-0.25, -0.2) is 0 Å². The van der Waals surface area contributed by atoms with Crippen molar-refractivity contribution in [1.29, 1.82) is 0 Å². The summed E-state index contributed by atoms with van der Waals surface area (Å²) in [6.45, 7) is 5.24. The van der Waals surface area contributed by atoms with Crippen molar-refractivity contribution in [3.05, 3.63) is 48.7 Å². The van der Waals surface area contributed by atoms with Gasteiger partial charge in [-0.15, -0.1) is 6.58 Å². The third-order valence-corrected chi connectivity index (χ3v) is 5.94. The second-order valence-electron chi connectivity index (χ2n) is 7.18. The van der Waals surface area contributed by atoms with E-state index in [1.807, 2.05) is 24.3 Å². The molecule has 25 heavy (non-hydrogen) atoms. The van der Waals surface area contributed by atoms with E-state index in [2.05, 4.69) is 16.5 Å². The number of pyridine rings is 1. The number of piperidine rings is 3. The second kappa shape index (κ2) is 6.09. The first-order valence-electron chi connectivity index (χ1n) is 8.76. The predicted octanol–water partition coefficient (Wildman–Crippen LogP) is 2.29. The van der Waals surface area contributed by atoms with E-state index < -0.39 is 11.7 Å². The van der Waals surface area contributed by atoms with E-state index in [1.54, 1.807) is 19.4 Å². The van der Waals surface area contributed by atoms with Crippen LogP contribution in [0.25, 0.3) is 10.9 Å². The summed E-state index contributed by atoms with van der Waals surface area (Å²) in [5.41, 5.74) is 0.873. The smallest absolute Gasteiger partial charge is 0.119 e. The highest BCUT2D eigenvalue weighted by Gasteiger charge is 2.49. The van der Waals surface area contributed by atoms with E-state index in [9.17, 15) is 10.2 Å². The lowest BCUT2D eigenvalue weighted by Crippen LogP contribution is -2.63. The fourth-order valence-corrected chi connectivity index (χ4v) is 4.45. The lowest BCUT2D eigenvalue weighted by Gasteiger charge is -2.54. The molecular weight excluding hydrogens is 316 g/mol. The van der Waals surface area contributed by atoms with Gasteiger partial charge in [-0.05, 0) is 55.1 Å². The number of aliphatic hydroxyl groups excluding tert-OH is 1. The zero-order valence-corrected chi connectivity index (χ0v) is 14.4. The van der Waals surface area contributed by atoms with E-state index in [-0.39, 0.29) is 12.0 Å². The van der Waals surface area contributed by atoms with E-state index >= 15 is 0 Å². The third kappa shape index (κ3) is 2.63. The fraction of sp³-hybridized carbons (Fsp3) is 0.450. The van der Waals surface area contributed by atoms with E-state index in [0.717, 1.165) is 41.6 Å². The van der Waals surface area contributed by atoms with Crippen molar-refractivity contribution in [1.82, 2.24) is 9.88 Å². The largest absolute Gasteiger partial charge is 0.497 e. The van der Waals surface area contributed by atoms with Gasteiger partial charge in [-0.3, -0.25) is 9.88 Å². The Labute approximate surface area is 147 Å². The van der Waals surface area contributed by atoms with Crippen LogP contribution in [0.1, 0.15) is 24.5 Å². The van der Waals surface area contributed by atoms with Crippen molar-refractivity contribution >= 4 is 10.9 Å². The summed E-state index contributed by atoms with van der Waals surface area (Å²) in [5, 5.41) is 22.8. The number of benzene rings is 1. The Hall–Kier alpha value is -1.95. The lowest BCUT2D eigenvalue weighted by atomic mass is 9.71. The summed E-state index contributed by atoms with van der Waals surface area (Å²) in [6.07, 6.45) is 4.48. The van der Waals surface area contributed by atoms with Crippen LogP contribution >= 0.6 is 0 Å². The minimum absolute atomic E-state index is 0.00391. The van der Waals surface area contributed by atoms with E-state index in [1.165, 1.54) is 0 Å². The molecule has 0 saturated carbocycles. The molecule has 2 bridgehead atoms. The molecule has 5 rings (SSSR count). The Morgan fingerprint density at radius 2 is 2.28 bits per heavy atom. The zero-order chi connectivity index (χ0) is 17.6. The second-order valence-corrected chi connectivity index (χ2v) is 7.18. The molecule has 5 nitrogen and oxygen atoms in total. The van der Waals surface area contributed by atoms with Crippen molar-refractivity contribution in [3.8, 4) is 5.75 Å². The minimum atomic E-state index is -0.835. The zero-order valence-electron chi connectivity index (χ0n) is 14.4. The van der Waals surface area contributed by atoms with Crippen LogP contribution in [0.4, 0.5) is 0 Å². The number of fused-ring (bicyclic) bond motifs is 4. The standard InChI is InChI=1S/C20H24N2O3/c1-3-20(24)12-22-9-7-13(20)10-18(22)19(23)15-6-8-21-17-5-4-14(25-2)11-16(15)17/h3-6,8,11,13,18-19,23-24H,1,7,9-10,12H2,2H3/t13?,18-,19+,20-/m1/s1. The molecule has 1 aromatic carbocycles. The average Bonchev–Trinajstić information content (AvgIpc) is 2.66. The number of hydrogen-bond donors (Lipinski definition) is 2. The van der Waals surface area contributed by atoms with E-state index in [0.29, 0.717) is 6.54 Å². The quantitative estimate of drug-likeness (QED) is 0.836. The SMILES string of the molecule is C=C[C@@]1(O)CN2CCC1C[C@@H]2[C@@H](O)c1ccnc2ccc(OC)cc12. The molecular formula is C20H24N2O3. The summed E-state index contributed by atoms with van der Waals surface area (Å²) in [5.74, 6) is 0.901. The first kappa shape index (κ1) is 16.5. The maximum Gasteiger partial charge on any atom is 0.119 e. The van der Waals surface area contributed by atoms with E-state index in [4.69, 9.17) is 4.74 Å². The van der Waals surface area contributed by atoms with Gasteiger partial charge in [0.05, 0.1) is 24.3 Å². The molecule has 5 atom stereocenters. The van der Waals surface area contributed by atoms with Crippen LogP contribution in [0.3, 0.4) is 0 Å². The van der Waals surface area contributed by atoms with Gasteiger partial charge in [0, 0.05) is 24.2 Å². The van der Waals surface area contributed by atoms with Crippen molar-refractivity contribution in [2.45, 2.75) is 30.6 Å². The Morgan fingerprint density at radius 1 is 1.44 bits per heavy atom. The van der Waals surface area contributed by atoms with Crippen LogP contribution in [0.2, 0.25) is 0 Å². The molecule has 0 spiro atoms. The summed E-state index contributed by atoms with van der Waals surface area (Å²) in [4.78, 5) is 6.59. The van der Waals surface area contributed by atoms with Crippen LogP contribution in [-0.2, 0) is 0 Å². The number of aliphatic hydroxyl groups is 2. The maximum absolute atomic E-state index is 11.2. The molecule has 4 heterocycles. The van der Waals surface area contributed by atoms with Crippen LogP contribution in [0.15, 0.2) is 43.1 Å². The summed E-state index contributed by atoms with van der Waals surface area (Å²) in [6, 6.07) is 7.60. The Kier molecular flexibility index (Phi) is 4.02. The number of rotatable bonds is 4. The summed E-state index contributed by atoms with van der Waals surface area (Å²) >= 11 is 0. The predicted molar refractivity (Wildman–Crippen MR) is 96.5 cm³/mol. The molecule has 3 aliphatic heterocycles. The number of ether oxygens (including phenoxy) is 1. The molecule has 3 fully saturated rings. The van der Waals surface area contributed by atoms with Gasteiger partial charge in [0.2, 0.25) is 0 Å². The number of aromatic nitrogens is 1. The van der Waals surface area contributed by atoms with Gasteiger partial charge in [-0.2, -0.15) is 0 Å². The Bertz CT molecular complexity index is 809. The molecule has 0 aliphatic carbocycles. The van der Waals surface area contributed by atoms with Gasteiger partial charge in [0.1, 0.15) is 5.75 Å². The van der Waals surface area contributed by atoms with Crippen molar-refractivity contribution in [3.63, 3.8) is 0 Å². The van der Waals surface area contributed by atoms with Crippen molar-refractivity contribution < 1.29 is 14.9 Å². The van der Waals surface area contributed by atoms with Gasteiger partial charge >= 0.3 is 0 Å². The topological polar surface area (TPSA) is 65.8 Å². The Morgan fingerprint density at radius 3 is 2.96 bits per heavy atom. The molecule has 0 radical (unpaired) electrons. The normalized spacial score (nSPS) is 32.5. The van der Waals surface area contributed by atoms with Gasteiger partial charge < -0.3 is 14.9 Å². The van der Waals surface area contributed by atoms with Gasteiger partial charge in [0.15, 0.2) is 0 Å². The van der Waals surface area contributed by atoms with Crippen LogP contribution in [0.5, 0.6) is 5.75 Å². The highest BCUT2D eigenvalue weighted by atomic mass is 16.5.